The smallest absolute Gasteiger partial charge is 0.335 e. The number of halogens is 1. The summed E-state index contributed by atoms with van der Waals surface area (Å²) in [6.07, 6.45) is 1.33. The van der Waals surface area contributed by atoms with Crippen LogP contribution >= 0.6 is 11.6 Å². The molecular formula is C15H14ClN3O4. The molecule has 0 bridgehead atoms. The van der Waals surface area contributed by atoms with Crippen LogP contribution in [-0.2, 0) is 20.9 Å². The minimum Gasteiger partial charge on any atom is -0.350 e. The highest BCUT2D eigenvalue weighted by Crippen LogP contribution is 2.12. The summed E-state index contributed by atoms with van der Waals surface area (Å²) < 4.78 is 0. The Labute approximate surface area is 137 Å². The highest BCUT2D eigenvalue weighted by molar-refractivity contribution is 6.45. The van der Waals surface area contributed by atoms with Gasteiger partial charge in [-0.2, -0.15) is 0 Å². The topological polar surface area (TPSA) is 86.8 Å². The highest BCUT2D eigenvalue weighted by Gasteiger charge is 2.44. The molecule has 0 aliphatic carbocycles. The number of imide groups is 2. The van der Waals surface area contributed by atoms with Gasteiger partial charge in [0, 0.05) is 18.1 Å². The molecule has 1 aromatic rings. The lowest BCUT2D eigenvalue weighted by atomic mass is 10.2. The number of carbonyl (C=O) groups excluding carboxylic acids is 4. The molecule has 1 saturated heterocycles. The molecule has 1 aromatic carbocycles. The predicted molar refractivity (Wildman–Crippen MR) is 82.3 cm³/mol. The maximum absolute atomic E-state index is 11.9. The summed E-state index contributed by atoms with van der Waals surface area (Å²) in [6.45, 7) is 3.01. The van der Waals surface area contributed by atoms with Crippen LogP contribution in [0.5, 0.6) is 0 Å². The van der Waals surface area contributed by atoms with Gasteiger partial charge in [0.15, 0.2) is 0 Å². The van der Waals surface area contributed by atoms with E-state index < -0.39 is 30.3 Å². The molecule has 5 amide bonds. The van der Waals surface area contributed by atoms with E-state index in [1.165, 1.54) is 6.08 Å². The largest absolute Gasteiger partial charge is 0.350 e. The van der Waals surface area contributed by atoms with Gasteiger partial charge in [-0.15, -0.1) is 6.58 Å². The standard InChI is InChI=1S/C15H14ClN3O4/c1-2-6-18-13(21)14(22)19(15(18)23)9-12(20)17-8-10-4-3-5-11(16)7-10/h2-5,7H,1,6,8-9H2,(H,17,20). The maximum Gasteiger partial charge on any atom is 0.335 e. The van der Waals surface area contributed by atoms with Crippen molar-refractivity contribution in [2.75, 3.05) is 13.1 Å². The third-order valence-electron chi connectivity index (χ3n) is 3.13. The Morgan fingerprint density at radius 2 is 1.91 bits per heavy atom. The minimum absolute atomic E-state index is 0.0793. The van der Waals surface area contributed by atoms with Crippen LogP contribution in [0.4, 0.5) is 4.79 Å². The summed E-state index contributed by atoms with van der Waals surface area (Å²) in [5.74, 6) is -2.53. The summed E-state index contributed by atoms with van der Waals surface area (Å²) in [5, 5.41) is 3.10. The number of urea groups is 1. The minimum atomic E-state index is -1.02. The average Bonchev–Trinajstić information content (AvgIpc) is 2.71. The third-order valence-corrected chi connectivity index (χ3v) is 3.36. The van der Waals surface area contributed by atoms with E-state index in [1.807, 2.05) is 0 Å². The molecule has 120 valence electrons. The van der Waals surface area contributed by atoms with E-state index in [2.05, 4.69) is 11.9 Å². The lowest BCUT2D eigenvalue weighted by Crippen LogP contribution is -2.41. The van der Waals surface area contributed by atoms with E-state index in [0.29, 0.717) is 9.92 Å². The van der Waals surface area contributed by atoms with Crippen molar-refractivity contribution < 1.29 is 19.2 Å². The number of rotatable bonds is 6. The lowest BCUT2D eigenvalue weighted by Gasteiger charge is -2.14. The Kier molecular flexibility index (Phi) is 5.13. The van der Waals surface area contributed by atoms with Gasteiger partial charge in [0.25, 0.3) is 0 Å². The van der Waals surface area contributed by atoms with Gasteiger partial charge in [0.05, 0.1) is 0 Å². The Balaban J connectivity index is 1.94. The molecule has 0 spiro atoms. The summed E-state index contributed by atoms with van der Waals surface area (Å²) in [4.78, 5) is 48.5. The molecule has 0 unspecified atom stereocenters. The second-order valence-corrected chi connectivity index (χ2v) is 5.22. The molecule has 0 atom stereocenters. The average molecular weight is 336 g/mol. The molecule has 7 nitrogen and oxygen atoms in total. The molecule has 0 radical (unpaired) electrons. The van der Waals surface area contributed by atoms with Crippen molar-refractivity contribution in [2.45, 2.75) is 6.54 Å². The van der Waals surface area contributed by atoms with E-state index in [1.54, 1.807) is 24.3 Å². The number of amides is 5. The first-order valence-electron chi connectivity index (χ1n) is 6.73. The molecule has 1 heterocycles. The number of hydrogen-bond acceptors (Lipinski definition) is 4. The molecular weight excluding hydrogens is 322 g/mol. The fourth-order valence-corrected chi connectivity index (χ4v) is 2.24. The molecule has 1 aliphatic heterocycles. The van der Waals surface area contributed by atoms with Gasteiger partial charge in [-0.3, -0.25) is 19.3 Å². The van der Waals surface area contributed by atoms with Gasteiger partial charge >= 0.3 is 17.8 Å². The number of nitrogens with zero attached hydrogens (tertiary/aromatic N) is 2. The summed E-state index contributed by atoms with van der Waals surface area (Å²) >= 11 is 5.84. The zero-order valence-electron chi connectivity index (χ0n) is 12.1. The first-order chi connectivity index (χ1) is 10.9. The van der Waals surface area contributed by atoms with Gasteiger partial charge in [-0.1, -0.05) is 29.8 Å². The number of nitrogens with one attached hydrogen (secondary N) is 1. The molecule has 1 N–H and O–H groups in total. The normalized spacial score (nSPS) is 14.4. The lowest BCUT2D eigenvalue weighted by molar-refractivity contribution is -0.143. The van der Waals surface area contributed by atoms with Gasteiger partial charge in [-0.25, -0.2) is 9.69 Å². The molecule has 2 rings (SSSR count). The molecule has 1 fully saturated rings. The number of benzene rings is 1. The first-order valence-corrected chi connectivity index (χ1v) is 7.11. The van der Waals surface area contributed by atoms with Crippen LogP contribution in [0.1, 0.15) is 5.56 Å². The fraction of sp³-hybridized carbons (Fsp3) is 0.200. The Morgan fingerprint density at radius 1 is 1.22 bits per heavy atom. The fourth-order valence-electron chi connectivity index (χ4n) is 2.03. The van der Waals surface area contributed by atoms with Crippen molar-refractivity contribution in [1.29, 1.82) is 0 Å². The van der Waals surface area contributed by atoms with Crippen LogP contribution in [0.3, 0.4) is 0 Å². The zero-order valence-corrected chi connectivity index (χ0v) is 12.9. The molecule has 23 heavy (non-hydrogen) atoms. The van der Waals surface area contributed by atoms with Gasteiger partial charge in [0.1, 0.15) is 6.54 Å². The van der Waals surface area contributed by atoms with E-state index in [0.717, 1.165) is 10.5 Å². The SMILES string of the molecule is C=CCN1C(=O)C(=O)N(CC(=O)NCc2cccc(Cl)c2)C1=O. The van der Waals surface area contributed by atoms with E-state index in [9.17, 15) is 19.2 Å². The Bertz CT molecular complexity index is 689. The van der Waals surface area contributed by atoms with Crippen molar-refractivity contribution >= 4 is 35.4 Å². The van der Waals surface area contributed by atoms with Crippen molar-refractivity contribution in [3.05, 3.63) is 47.5 Å². The number of hydrogen-bond donors (Lipinski definition) is 1. The molecule has 0 saturated carbocycles. The quantitative estimate of drug-likeness (QED) is 0.476. The van der Waals surface area contributed by atoms with Crippen LogP contribution in [0.25, 0.3) is 0 Å². The summed E-state index contributed by atoms with van der Waals surface area (Å²) in [7, 11) is 0. The van der Waals surface area contributed by atoms with Crippen molar-refractivity contribution in [1.82, 2.24) is 15.1 Å². The second-order valence-electron chi connectivity index (χ2n) is 4.78. The van der Waals surface area contributed by atoms with Gasteiger partial charge in [0.2, 0.25) is 5.91 Å². The van der Waals surface area contributed by atoms with Gasteiger partial charge < -0.3 is 5.32 Å². The monoisotopic (exact) mass is 335 g/mol. The van der Waals surface area contributed by atoms with Crippen molar-refractivity contribution in [2.24, 2.45) is 0 Å². The van der Waals surface area contributed by atoms with Crippen molar-refractivity contribution in [3.8, 4) is 0 Å². The highest BCUT2D eigenvalue weighted by atomic mass is 35.5. The Hall–Kier alpha value is -2.67. The first kappa shape index (κ1) is 16.7. The van der Waals surface area contributed by atoms with Crippen LogP contribution in [0.15, 0.2) is 36.9 Å². The van der Waals surface area contributed by atoms with E-state index in [4.69, 9.17) is 11.6 Å². The van der Waals surface area contributed by atoms with Crippen LogP contribution in [0.2, 0.25) is 5.02 Å². The maximum atomic E-state index is 11.9. The van der Waals surface area contributed by atoms with Crippen LogP contribution < -0.4 is 5.32 Å². The zero-order chi connectivity index (χ0) is 17.0. The summed E-state index contributed by atoms with van der Waals surface area (Å²) in [6, 6.07) is 6.08. The third kappa shape index (κ3) is 3.75. The van der Waals surface area contributed by atoms with Gasteiger partial charge in [-0.05, 0) is 17.7 Å². The van der Waals surface area contributed by atoms with Crippen molar-refractivity contribution in [3.63, 3.8) is 0 Å². The van der Waals surface area contributed by atoms with E-state index in [-0.39, 0.29) is 13.1 Å². The van der Waals surface area contributed by atoms with Crippen LogP contribution in [0, 0.1) is 0 Å². The van der Waals surface area contributed by atoms with E-state index >= 15 is 0 Å². The predicted octanol–water partition coefficient (Wildman–Crippen LogP) is 0.933. The number of carbonyl (C=O) groups is 4. The van der Waals surface area contributed by atoms with Crippen LogP contribution in [-0.4, -0.2) is 46.6 Å². The summed E-state index contributed by atoms with van der Waals surface area (Å²) in [5.41, 5.74) is 0.772. The molecule has 1 aliphatic rings. The molecule has 8 heteroatoms. The molecule has 0 aromatic heterocycles. The Morgan fingerprint density at radius 3 is 2.57 bits per heavy atom. The second kappa shape index (κ2) is 7.06.